The summed E-state index contributed by atoms with van der Waals surface area (Å²) < 4.78 is 0. The lowest BCUT2D eigenvalue weighted by atomic mass is 10.00. The number of hydrogen-bond donors (Lipinski definition) is 5. The van der Waals surface area contributed by atoms with E-state index in [2.05, 4.69) is 43.4 Å². The molecule has 0 aliphatic rings. The molecule has 0 radical (unpaired) electrons. The molecule has 1 amide bonds. The van der Waals surface area contributed by atoms with Gasteiger partial charge in [-0.1, -0.05) is 62.6 Å². The number of allylic oxidation sites excluding steroid dienone is 6. The Kier molecular flexibility index (Phi) is 20.5. The zero-order valence-corrected chi connectivity index (χ0v) is 20.5. The lowest BCUT2D eigenvalue weighted by Gasteiger charge is -2.34. The molecule has 5 N–H and O–H groups in total. The molecular formula is C26H45NO7. The highest BCUT2D eigenvalue weighted by molar-refractivity contribution is 5.80. The van der Waals surface area contributed by atoms with Crippen molar-refractivity contribution in [2.75, 3.05) is 19.8 Å². The van der Waals surface area contributed by atoms with Crippen LogP contribution in [0.3, 0.4) is 0 Å². The molecule has 0 fully saturated rings. The molecule has 1 unspecified atom stereocenters. The lowest BCUT2D eigenvalue weighted by molar-refractivity contribution is -0.148. The molecule has 196 valence electrons. The van der Waals surface area contributed by atoms with Crippen LogP contribution in [0, 0.1) is 0 Å². The third-order valence-corrected chi connectivity index (χ3v) is 5.48. The smallest absolute Gasteiger partial charge is 0.223 e. The maximum absolute atomic E-state index is 12.6. The number of aliphatic hydroxyl groups excluding tert-OH is 5. The van der Waals surface area contributed by atoms with Gasteiger partial charge in [-0.15, -0.1) is 0 Å². The minimum Gasteiger partial charge on any atom is -0.395 e. The van der Waals surface area contributed by atoms with Crippen LogP contribution in [0.1, 0.15) is 71.1 Å². The first kappa shape index (κ1) is 32.2. The fourth-order valence-electron chi connectivity index (χ4n) is 3.46. The van der Waals surface area contributed by atoms with Crippen LogP contribution in [-0.2, 0) is 9.59 Å². The summed E-state index contributed by atoms with van der Waals surface area (Å²) in [6.45, 7) is 0.718. The molecule has 8 heteroatoms. The molecule has 0 saturated carbocycles. The van der Waals surface area contributed by atoms with Crippen molar-refractivity contribution >= 4 is 12.2 Å². The zero-order valence-electron chi connectivity index (χ0n) is 20.5. The number of hydrogen-bond acceptors (Lipinski definition) is 7. The predicted octanol–water partition coefficient (Wildman–Crippen LogP) is 2.04. The van der Waals surface area contributed by atoms with Gasteiger partial charge < -0.3 is 35.2 Å². The fraction of sp³-hybridized carbons (Fsp3) is 0.692. The third kappa shape index (κ3) is 14.4. The topological polar surface area (TPSA) is 139 Å². The average Bonchev–Trinajstić information content (AvgIpc) is 2.84. The van der Waals surface area contributed by atoms with E-state index in [4.69, 9.17) is 5.11 Å². The molecule has 0 rings (SSSR count). The zero-order chi connectivity index (χ0) is 25.6. The average molecular weight is 484 g/mol. The molecule has 4 atom stereocenters. The van der Waals surface area contributed by atoms with Crippen molar-refractivity contribution in [1.29, 1.82) is 0 Å². The first-order valence-corrected chi connectivity index (χ1v) is 12.4. The second-order valence-corrected chi connectivity index (χ2v) is 8.27. The molecule has 0 saturated heterocycles. The van der Waals surface area contributed by atoms with E-state index >= 15 is 0 Å². The van der Waals surface area contributed by atoms with Crippen molar-refractivity contribution in [3.8, 4) is 0 Å². The number of aliphatic hydroxyl groups is 5. The van der Waals surface area contributed by atoms with Crippen molar-refractivity contribution in [2.24, 2.45) is 0 Å². The number of carbonyl (C=O) groups is 2. The van der Waals surface area contributed by atoms with Gasteiger partial charge in [-0.3, -0.25) is 4.79 Å². The van der Waals surface area contributed by atoms with Gasteiger partial charge in [0.25, 0.3) is 0 Å². The summed E-state index contributed by atoms with van der Waals surface area (Å²) in [5.41, 5.74) is 0. The van der Waals surface area contributed by atoms with Crippen molar-refractivity contribution in [2.45, 2.75) is 95.5 Å². The summed E-state index contributed by atoms with van der Waals surface area (Å²) in [4.78, 5) is 25.1. The molecule has 0 heterocycles. The molecule has 0 aromatic rings. The highest BCUT2D eigenvalue weighted by Crippen LogP contribution is 2.14. The van der Waals surface area contributed by atoms with E-state index in [0.717, 1.165) is 56.3 Å². The third-order valence-electron chi connectivity index (χ3n) is 5.48. The predicted molar refractivity (Wildman–Crippen MR) is 133 cm³/mol. The van der Waals surface area contributed by atoms with Crippen LogP contribution in [0.15, 0.2) is 36.5 Å². The van der Waals surface area contributed by atoms with E-state index in [1.807, 2.05) is 0 Å². The first-order chi connectivity index (χ1) is 16.4. The minimum atomic E-state index is -1.80. The molecule has 0 bridgehead atoms. The monoisotopic (exact) mass is 483 g/mol. The summed E-state index contributed by atoms with van der Waals surface area (Å²) in [6, 6.07) is -1.43. The summed E-state index contributed by atoms with van der Waals surface area (Å²) in [5, 5.41) is 47.7. The highest BCUT2D eigenvalue weighted by Gasteiger charge is 2.36. The van der Waals surface area contributed by atoms with Crippen molar-refractivity contribution in [1.82, 2.24) is 4.90 Å². The number of amides is 1. The lowest BCUT2D eigenvalue weighted by Crippen LogP contribution is -2.55. The summed E-state index contributed by atoms with van der Waals surface area (Å²) in [7, 11) is 0. The van der Waals surface area contributed by atoms with Crippen LogP contribution in [0.25, 0.3) is 0 Å². The Balaban J connectivity index is 4.22. The van der Waals surface area contributed by atoms with E-state index in [0.29, 0.717) is 12.7 Å². The van der Waals surface area contributed by atoms with Gasteiger partial charge in [0.1, 0.15) is 30.6 Å². The Morgan fingerprint density at radius 3 is 2.00 bits per heavy atom. The van der Waals surface area contributed by atoms with Crippen molar-refractivity contribution in [3.63, 3.8) is 0 Å². The number of carbonyl (C=O) groups excluding carboxylic acids is 2. The molecule has 0 aromatic heterocycles. The van der Waals surface area contributed by atoms with Crippen molar-refractivity contribution in [3.05, 3.63) is 36.5 Å². The Labute approximate surface area is 204 Å². The van der Waals surface area contributed by atoms with Crippen LogP contribution in [-0.4, -0.2) is 86.7 Å². The first-order valence-electron chi connectivity index (χ1n) is 12.4. The quantitative estimate of drug-likeness (QED) is 0.0956. The van der Waals surface area contributed by atoms with Crippen LogP contribution in [0.2, 0.25) is 0 Å². The molecule has 0 aliphatic carbocycles. The molecule has 0 aromatic carbocycles. The SMILES string of the molecule is CC/C=C/C/C=C/C/C=C/CCCCCCCC(=O)N(CCO)[C@@H](C=O)[C@@H](O)[C@H](O)C(O)CO. The van der Waals surface area contributed by atoms with Crippen molar-refractivity contribution < 1.29 is 35.1 Å². The van der Waals surface area contributed by atoms with E-state index in [1.54, 1.807) is 0 Å². The summed E-state index contributed by atoms with van der Waals surface area (Å²) >= 11 is 0. The van der Waals surface area contributed by atoms with Gasteiger partial charge >= 0.3 is 0 Å². The van der Waals surface area contributed by atoms with E-state index < -0.39 is 43.5 Å². The van der Waals surface area contributed by atoms with Crippen LogP contribution < -0.4 is 0 Å². The fourth-order valence-corrected chi connectivity index (χ4v) is 3.46. The molecule has 0 spiro atoms. The number of nitrogens with zero attached hydrogens (tertiary/aromatic N) is 1. The second kappa shape index (κ2) is 21.7. The van der Waals surface area contributed by atoms with Gasteiger partial charge in [0.2, 0.25) is 5.91 Å². The van der Waals surface area contributed by atoms with Gasteiger partial charge in [0.15, 0.2) is 0 Å². The Bertz CT molecular complexity index is 606. The van der Waals surface area contributed by atoms with Gasteiger partial charge in [-0.2, -0.15) is 0 Å². The van der Waals surface area contributed by atoms with Gasteiger partial charge in [0, 0.05) is 13.0 Å². The number of aldehydes is 1. The van der Waals surface area contributed by atoms with E-state index in [1.165, 1.54) is 0 Å². The molecule has 8 nitrogen and oxygen atoms in total. The minimum absolute atomic E-state index is 0.148. The van der Waals surface area contributed by atoms with Gasteiger partial charge in [0.05, 0.1) is 13.2 Å². The van der Waals surface area contributed by atoms with Crippen LogP contribution >= 0.6 is 0 Å². The maximum atomic E-state index is 12.6. The van der Waals surface area contributed by atoms with Gasteiger partial charge in [-0.25, -0.2) is 0 Å². The normalized spacial score (nSPS) is 15.7. The van der Waals surface area contributed by atoms with E-state index in [-0.39, 0.29) is 13.0 Å². The number of rotatable bonds is 21. The Hall–Kier alpha value is -1.84. The van der Waals surface area contributed by atoms with E-state index in [9.17, 15) is 30.0 Å². The largest absolute Gasteiger partial charge is 0.395 e. The highest BCUT2D eigenvalue weighted by atomic mass is 16.4. The summed E-state index contributed by atoms with van der Waals surface area (Å²) in [6.07, 6.45) is 16.8. The number of unbranched alkanes of at least 4 members (excludes halogenated alkanes) is 5. The maximum Gasteiger partial charge on any atom is 0.223 e. The Morgan fingerprint density at radius 2 is 1.41 bits per heavy atom. The molecular weight excluding hydrogens is 438 g/mol. The standard InChI is InChI=1S/C26H45NO7/c1-2-3-4-5-6-7-8-9-10-11-12-13-14-15-16-17-24(32)27(18-19-28)22(20-29)25(33)26(34)23(31)21-30/h3-4,6-7,9-10,20,22-23,25-26,28,30-31,33-34H,2,5,8,11-19,21H2,1H3/b4-3+,7-6+,10-9+/t22-,23?,25+,26+/m0/s1. The van der Waals surface area contributed by atoms with Crippen LogP contribution in [0.4, 0.5) is 0 Å². The molecule has 34 heavy (non-hydrogen) atoms. The van der Waals surface area contributed by atoms with Crippen LogP contribution in [0.5, 0.6) is 0 Å². The molecule has 0 aliphatic heterocycles. The van der Waals surface area contributed by atoms with Gasteiger partial charge in [-0.05, 0) is 38.5 Å². The second-order valence-electron chi connectivity index (χ2n) is 8.27. The summed E-state index contributed by atoms with van der Waals surface area (Å²) in [5.74, 6) is -0.419. The Morgan fingerprint density at radius 1 is 0.824 bits per heavy atom.